The van der Waals surface area contributed by atoms with Gasteiger partial charge in [0.2, 0.25) is 0 Å². The van der Waals surface area contributed by atoms with Crippen molar-refractivity contribution in [2.24, 2.45) is 5.10 Å². The van der Waals surface area contributed by atoms with E-state index >= 15 is 0 Å². The summed E-state index contributed by atoms with van der Waals surface area (Å²) in [5.74, 6) is -0.257. The number of furan rings is 1. The summed E-state index contributed by atoms with van der Waals surface area (Å²) in [6, 6.07) is 9.72. The van der Waals surface area contributed by atoms with Crippen LogP contribution in [0.5, 0.6) is 11.5 Å². The van der Waals surface area contributed by atoms with E-state index in [0.717, 1.165) is 9.80 Å². The first-order chi connectivity index (χ1) is 22.3. The SMILES string of the molecule is COc1ccc(NC(=O)N(O)[C@H]2N(c3ccc(OC)c(Cl)c3)C(=O)N(CC(=O)NN=C/C=C/c3ccc([N+](=O)[O-])o3)C2(C)C)cc1Cl. The van der Waals surface area contributed by atoms with Crippen molar-refractivity contribution in [3.8, 4) is 11.5 Å². The van der Waals surface area contributed by atoms with E-state index in [4.69, 9.17) is 37.1 Å². The third kappa shape index (κ3) is 7.57. The number of nitro groups is 1. The van der Waals surface area contributed by atoms with Crippen molar-refractivity contribution in [1.29, 1.82) is 0 Å². The molecule has 3 aromatic rings. The highest BCUT2D eigenvalue weighted by Gasteiger charge is 2.56. The average molecular weight is 690 g/mol. The van der Waals surface area contributed by atoms with Crippen LogP contribution >= 0.6 is 23.2 Å². The van der Waals surface area contributed by atoms with E-state index in [-0.39, 0.29) is 27.2 Å². The number of rotatable bonds is 11. The molecule has 2 aromatic carbocycles. The number of amides is 5. The van der Waals surface area contributed by atoms with Gasteiger partial charge in [-0.3, -0.25) is 25.0 Å². The van der Waals surface area contributed by atoms with Gasteiger partial charge in [0, 0.05) is 17.6 Å². The number of carbonyl (C=O) groups is 3. The molecular weight excluding hydrogens is 661 g/mol. The van der Waals surface area contributed by atoms with Gasteiger partial charge in [0.25, 0.3) is 5.91 Å². The Morgan fingerprint density at radius 1 is 1.13 bits per heavy atom. The number of anilines is 2. The number of halogens is 2. The zero-order valence-corrected chi connectivity index (χ0v) is 26.9. The van der Waals surface area contributed by atoms with Gasteiger partial charge in [0.1, 0.15) is 28.7 Å². The number of allylic oxidation sites excluding steroid dienone is 1. The standard InChI is InChI=1S/C29H29Cl2N7O9/c1-29(2)26(37(42)27(40)33-17-7-10-22(45-3)20(30)14-17)36(18-8-11-23(46-4)21(31)15-18)28(41)35(29)16-24(39)34-32-13-5-6-19-9-12-25(47-19)38(43)44/h5-15,26,42H,16H2,1-4H3,(H,33,40)(H,34,39)/b6-5+,32-13?/t26-/m1/s1. The van der Waals surface area contributed by atoms with Crippen LogP contribution in [0.25, 0.3) is 6.08 Å². The lowest BCUT2D eigenvalue weighted by molar-refractivity contribution is -0.402. The summed E-state index contributed by atoms with van der Waals surface area (Å²) in [4.78, 5) is 52.4. The number of carbonyl (C=O) groups excluding carboxylic acids is 3. The summed E-state index contributed by atoms with van der Waals surface area (Å²) in [6.45, 7) is 2.59. The van der Waals surface area contributed by atoms with E-state index in [1.165, 1.54) is 81.1 Å². The maximum Gasteiger partial charge on any atom is 0.433 e. The topological polar surface area (TPSA) is 192 Å². The van der Waals surface area contributed by atoms with Gasteiger partial charge in [-0.15, -0.1) is 0 Å². The Hall–Kier alpha value is -5.32. The Morgan fingerprint density at radius 3 is 2.38 bits per heavy atom. The first-order valence-electron chi connectivity index (χ1n) is 13.6. The maximum atomic E-state index is 13.9. The third-order valence-corrected chi connectivity index (χ3v) is 7.56. The number of nitrogens with zero attached hydrogens (tertiary/aromatic N) is 5. The van der Waals surface area contributed by atoms with Crippen molar-refractivity contribution in [1.82, 2.24) is 15.4 Å². The first-order valence-corrected chi connectivity index (χ1v) is 14.3. The molecule has 5 amide bonds. The second-order valence-corrected chi connectivity index (χ2v) is 11.1. The number of nitrogens with one attached hydrogen (secondary N) is 2. The highest BCUT2D eigenvalue weighted by molar-refractivity contribution is 6.32. The minimum absolute atomic E-state index is 0.152. The van der Waals surface area contributed by atoms with Gasteiger partial charge in [-0.05, 0) is 68.5 Å². The number of urea groups is 2. The van der Waals surface area contributed by atoms with Crippen LogP contribution in [0.15, 0.2) is 64.1 Å². The molecule has 2 heterocycles. The number of ether oxygens (including phenoxy) is 2. The maximum absolute atomic E-state index is 13.9. The van der Waals surface area contributed by atoms with Gasteiger partial charge in [0.15, 0.2) is 6.17 Å². The van der Waals surface area contributed by atoms with Crippen LogP contribution in [-0.2, 0) is 4.79 Å². The second kappa shape index (κ2) is 14.4. The van der Waals surface area contributed by atoms with E-state index in [2.05, 4.69) is 15.8 Å². The lowest BCUT2D eigenvalue weighted by Gasteiger charge is -2.38. The molecule has 0 aliphatic carbocycles. The van der Waals surface area contributed by atoms with Gasteiger partial charge in [-0.25, -0.2) is 15.0 Å². The fourth-order valence-electron chi connectivity index (χ4n) is 4.71. The number of hydroxylamine groups is 2. The van der Waals surface area contributed by atoms with Crippen LogP contribution < -0.4 is 25.1 Å². The molecule has 18 heteroatoms. The first kappa shape index (κ1) is 34.6. The Bertz CT molecular complexity index is 1740. The Balaban J connectivity index is 1.56. The molecule has 1 fully saturated rings. The highest BCUT2D eigenvalue weighted by Crippen LogP contribution is 2.40. The lowest BCUT2D eigenvalue weighted by atomic mass is 9.99. The lowest BCUT2D eigenvalue weighted by Crippen LogP contribution is -2.58. The molecule has 0 spiro atoms. The molecule has 248 valence electrons. The molecule has 1 aromatic heterocycles. The van der Waals surface area contributed by atoms with Crippen molar-refractivity contribution in [2.45, 2.75) is 25.6 Å². The minimum atomic E-state index is -1.39. The van der Waals surface area contributed by atoms with Gasteiger partial charge in [-0.1, -0.05) is 23.2 Å². The molecule has 0 saturated carbocycles. The number of methoxy groups -OCH3 is 2. The molecule has 1 atom stereocenters. The summed E-state index contributed by atoms with van der Waals surface area (Å²) in [5, 5.41) is 29.1. The van der Waals surface area contributed by atoms with Crippen LogP contribution in [0.3, 0.4) is 0 Å². The number of hydrogen-bond donors (Lipinski definition) is 3. The third-order valence-electron chi connectivity index (χ3n) is 6.97. The van der Waals surface area contributed by atoms with Gasteiger partial charge in [0.05, 0.1) is 35.9 Å². The van der Waals surface area contributed by atoms with E-state index in [1.807, 2.05) is 0 Å². The zero-order valence-electron chi connectivity index (χ0n) is 25.3. The molecule has 3 N–H and O–H groups in total. The Kier molecular flexibility index (Phi) is 10.6. The van der Waals surface area contributed by atoms with Crippen LogP contribution in [-0.4, -0.2) is 76.7 Å². The second-order valence-electron chi connectivity index (χ2n) is 10.3. The number of hydrogen-bond acceptors (Lipinski definition) is 10. The largest absolute Gasteiger partial charge is 0.495 e. The smallest absolute Gasteiger partial charge is 0.433 e. The monoisotopic (exact) mass is 689 g/mol. The molecule has 1 saturated heterocycles. The van der Waals surface area contributed by atoms with Crippen LogP contribution in [0.2, 0.25) is 10.0 Å². The Morgan fingerprint density at radius 2 is 1.79 bits per heavy atom. The van der Waals surface area contributed by atoms with Crippen molar-refractivity contribution in [3.63, 3.8) is 0 Å². The zero-order chi connectivity index (χ0) is 34.5. The Labute approximate surface area is 277 Å². The molecule has 0 unspecified atom stereocenters. The van der Waals surface area contributed by atoms with Gasteiger partial charge < -0.3 is 24.1 Å². The molecule has 1 aliphatic heterocycles. The van der Waals surface area contributed by atoms with Crippen LogP contribution in [0, 0.1) is 10.1 Å². The molecule has 4 rings (SSSR count). The normalized spacial score (nSPS) is 15.7. The fraction of sp³-hybridized carbons (Fsp3) is 0.241. The molecule has 16 nitrogen and oxygen atoms in total. The molecular formula is C29H29Cl2N7O9. The van der Waals surface area contributed by atoms with E-state index in [0.29, 0.717) is 16.6 Å². The quantitative estimate of drug-likeness (QED) is 0.0995. The van der Waals surface area contributed by atoms with Crippen molar-refractivity contribution in [2.75, 3.05) is 31.0 Å². The summed E-state index contributed by atoms with van der Waals surface area (Å²) in [7, 11) is 2.85. The average Bonchev–Trinajstić information content (AvgIpc) is 3.57. The van der Waals surface area contributed by atoms with E-state index in [1.54, 1.807) is 13.8 Å². The van der Waals surface area contributed by atoms with E-state index in [9.17, 15) is 29.7 Å². The summed E-state index contributed by atoms with van der Waals surface area (Å²) >= 11 is 12.5. The minimum Gasteiger partial charge on any atom is -0.495 e. The molecule has 0 bridgehead atoms. The van der Waals surface area contributed by atoms with Crippen LogP contribution in [0.1, 0.15) is 19.6 Å². The predicted octanol–water partition coefficient (Wildman–Crippen LogP) is 5.60. The van der Waals surface area contributed by atoms with Gasteiger partial charge in [-0.2, -0.15) is 10.2 Å². The van der Waals surface area contributed by atoms with Crippen molar-refractivity contribution in [3.05, 3.63) is 80.5 Å². The van der Waals surface area contributed by atoms with Crippen molar-refractivity contribution >= 4 is 70.7 Å². The molecule has 1 aliphatic rings. The van der Waals surface area contributed by atoms with Crippen LogP contribution in [0.4, 0.5) is 26.8 Å². The fourth-order valence-corrected chi connectivity index (χ4v) is 5.22. The molecule has 0 radical (unpaired) electrons. The predicted molar refractivity (Wildman–Crippen MR) is 172 cm³/mol. The highest BCUT2D eigenvalue weighted by atomic mass is 35.5. The van der Waals surface area contributed by atoms with E-state index < -0.39 is 47.0 Å². The van der Waals surface area contributed by atoms with Gasteiger partial charge >= 0.3 is 17.9 Å². The van der Waals surface area contributed by atoms with Crippen molar-refractivity contribution < 1.29 is 38.4 Å². The number of benzene rings is 2. The summed E-state index contributed by atoms with van der Waals surface area (Å²) < 4.78 is 15.3. The number of hydrazone groups is 1. The molecule has 47 heavy (non-hydrogen) atoms. The summed E-state index contributed by atoms with van der Waals surface area (Å²) in [6.07, 6.45) is 2.57. The summed E-state index contributed by atoms with van der Waals surface area (Å²) in [5.41, 5.74) is 1.32.